The summed E-state index contributed by atoms with van der Waals surface area (Å²) in [5.74, 6) is 0.474. The molecule has 0 radical (unpaired) electrons. The first-order valence-corrected chi connectivity index (χ1v) is 7.51. The molecule has 3 aromatic rings. The predicted octanol–water partition coefficient (Wildman–Crippen LogP) is 5.24. The molecule has 2 aromatic carbocycles. The summed E-state index contributed by atoms with van der Waals surface area (Å²) in [5, 5.41) is 8.65. The number of rotatable bonds is 4. The maximum atomic E-state index is 13.1. The van der Waals surface area contributed by atoms with Crippen LogP contribution in [0.1, 0.15) is 17.6 Å². The van der Waals surface area contributed by atoms with Crippen LogP contribution in [-0.4, -0.2) is 14.8 Å². The largest absolute Gasteiger partial charge is 0.309 e. The van der Waals surface area contributed by atoms with Gasteiger partial charge in [-0.2, -0.15) is 0 Å². The monoisotopic (exact) mass is 353 g/mol. The quantitative estimate of drug-likeness (QED) is 0.642. The van der Waals surface area contributed by atoms with Crippen molar-refractivity contribution in [1.82, 2.24) is 14.8 Å². The van der Waals surface area contributed by atoms with Crippen LogP contribution in [0.3, 0.4) is 0 Å². The van der Waals surface area contributed by atoms with Gasteiger partial charge in [0.15, 0.2) is 5.82 Å². The van der Waals surface area contributed by atoms with Gasteiger partial charge in [-0.3, -0.25) is 0 Å². The van der Waals surface area contributed by atoms with E-state index in [2.05, 4.69) is 10.2 Å². The Labute approximate surface area is 141 Å². The molecule has 23 heavy (non-hydrogen) atoms. The van der Waals surface area contributed by atoms with Crippen molar-refractivity contribution in [2.45, 2.75) is 13.0 Å². The van der Waals surface area contributed by atoms with Gasteiger partial charge in [0.05, 0.1) is 16.6 Å². The van der Waals surface area contributed by atoms with Crippen LogP contribution >= 0.6 is 23.2 Å². The smallest absolute Gasteiger partial charge is 0.264 e. The highest BCUT2D eigenvalue weighted by molar-refractivity contribution is 6.43. The molecule has 0 amide bonds. The summed E-state index contributed by atoms with van der Waals surface area (Å²) in [6.45, 7) is 0.214. The zero-order chi connectivity index (χ0) is 16.4. The first-order chi connectivity index (χ1) is 11.1. The minimum atomic E-state index is -2.54. The summed E-state index contributed by atoms with van der Waals surface area (Å²) in [6.07, 6.45) is -1.06. The highest BCUT2D eigenvalue weighted by Crippen LogP contribution is 2.33. The summed E-state index contributed by atoms with van der Waals surface area (Å²) in [7, 11) is 0. The van der Waals surface area contributed by atoms with Gasteiger partial charge >= 0.3 is 0 Å². The molecule has 0 aliphatic carbocycles. The van der Waals surface area contributed by atoms with Crippen LogP contribution < -0.4 is 0 Å². The molecule has 0 saturated heterocycles. The molecule has 0 N–H and O–H groups in total. The van der Waals surface area contributed by atoms with E-state index in [1.807, 2.05) is 0 Å². The fraction of sp³-hybridized carbons (Fsp3) is 0.125. The van der Waals surface area contributed by atoms with Gasteiger partial charge in [0.1, 0.15) is 6.33 Å². The topological polar surface area (TPSA) is 30.7 Å². The zero-order valence-corrected chi connectivity index (χ0v) is 13.3. The Kier molecular flexibility index (Phi) is 4.59. The van der Waals surface area contributed by atoms with E-state index in [9.17, 15) is 8.78 Å². The van der Waals surface area contributed by atoms with E-state index in [4.69, 9.17) is 23.2 Å². The van der Waals surface area contributed by atoms with Crippen molar-refractivity contribution in [3.63, 3.8) is 0 Å². The molecule has 118 valence electrons. The van der Waals surface area contributed by atoms with E-state index < -0.39 is 6.43 Å². The fourth-order valence-corrected chi connectivity index (χ4v) is 2.72. The van der Waals surface area contributed by atoms with Crippen LogP contribution in [0, 0.1) is 0 Å². The standard InChI is InChI=1S/C16H11Cl2F2N3/c17-13-7-3-6-12(14(13)18)16-22-21-9-23(16)8-10-4-1-2-5-11(10)15(19)20/h1-7,9,15H,8H2. The molecule has 3 rings (SSSR count). The van der Waals surface area contributed by atoms with Gasteiger partial charge in [-0.15, -0.1) is 10.2 Å². The second-order valence-electron chi connectivity index (χ2n) is 4.88. The lowest BCUT2D eigenvalue weighted by Gasteiger charge is -2.12. The lowest BCUT2D eigenvalue weighted by atomic mass is 10.1. The normalized spacial score (nSPS) is 11.2. The molecule has 0 saturated carbocycles. The van der Waals surface area contributed by atoms with Crippen molar-refractivity contribution in [2.24, 2.45) is 0 Å². The Morgan fingerprint density at radius 3 is 2.61 bits per heavy atom. The SMILES string of the molecule is FC(F)c1ccccc1Cn1cnnc1-c1cccc(Cl)c1Cl. The second kappa shape index (κ2) is 6.64. The number of benzene rings is 2. The molecule has 0 aliphatic heterocycles. The Morgan fingerprint density at radius 1 is 1.04 bits per heavy atom. The van der Waals surface area contributed by atoms with Crippen LogP contribution in [0.25, 0.3) is 11.4 Å². The summed E-state index contributed by atoms with van der Waals surface area (Å²) >= 11 is 12.2. The highest BCUT2D eigenvalue weighted by Gasteiger charge is 2.16. The van der Waals surface area contributed by atoms with E-state index in [-0.39, 0.29) is 12.1 Å². The third-order valence-electron chi connectivity index (χ3n) is 3.44. The maximum Gasteiger partial charge on any atom is 0.264 e. The van der Waals surface area contributed by atoms with E-state index in [0.29, 0.717) is 27.0 Å². The van der Waals surface area contributed by atoms with Gasteiger partial charge in [-0.1, -0.05) is 53.5 Å². The van der Waals surface area contributed by atoms with Gasteiger partial charge < -0.3 is 4.57 Å². The van der Waals surface area contributed by atoms with Crippen molar-refractivity contribution in [3.8, 4) is 11.4 Å². The number of aromatic nitrogens is 3. The van der Waals surface area contributed by atoms with E-state index in [0.717, 1.165) is 0 Å². The van der Waals surface area contributed by atoms with Crippen molar-refractivity contribution in [2.75, 3.05) is 0 Å². The van der Waals surface area contributed by atoms with Gasteiger partial charge in [0.2, 0.25) is 0 Å². The van der Waals surface area contributed by atoms with Crippen molar-refractivity contribution in [1.29, 1.82) is 0 Å². The summed E-state index contributed by atoms with van der Waals surface area (Å²) in [6, 6.07) is 11.5. The van der Waals surface area contributed by atoms with Crippen LogP contribution in [0.2, 0.25) is 10.0 Å². The Hall–Kier alpha value is -1.98. The van der Waals surface area contributed by atoms with Crippen molar-refractivity contribution in [3.05, 3.63) is 70.0 Å². The highest BCUT2D eigenvalue weighted by atomic mass is 35.5. The Morgan fingerprint density at radius 2 is 1.83 bits per heavy atom. The molecule has 0 unspecified atom stereocenters. The lowest BCUT2D eigenvalue weighted by Crippen LogP contribution is -2.04. The minimum Gasteiger partial charge on any atom is -0.309 e. The van der Waals surface area contributed by atoms with Gasteiger partial charge in [0, 0.05) is 11.1 Å². The molecule has 7 heteroatoms. The van der Waals surface area contributed by atoms with Crippen LogP contribution in [-0.2, 0) is 6.54 Å². The molecular formula is C16H11Cl2F2N3. The number of alkyl halides is 2. The lowest BCUT2D eigenvalue weighted by molar-refractivity contribution is 0.150. The van der Waals surface area contributed by atoms with Crippen LogP contribution in [0.15, 0.2) is 48.8 Å². The van der Waals surface area contributed by atoms with Gasteiger partial charge in [0.25, 0.3) is 6.43 Å². The molecule has 0 atom stereocenters. The Bertz CT molecular complexity index is 834. The molecular weight excluding hydrogens is 343 g/mol. The van der Waals surface area contributed by atoms with Crippen LogP contribution in [0.4, 0.5) is 8.78 Å². The van der Waals surface area contributed by atoms with E-state index in [1.165, 1.54) is 12.4 Å². The third kappa shape index (κ3) is 3.21. The first-order valence-electron chi connectivity index (χ1n) is 6.76. The zero-order valence-electron chi connectivity index (χ0n) is 11.8. The first kappa shape index (κ1) is 15.9. The third-order valence-corrected chi connectivity index (χ3v) is 4.26. The summed E-state index contributed by atoms with van der Waals surface area (Å²) < 4.78 is 27.9. The van der Waals surface area contributed by atoms with Crippen molar-refractivity contribution >= 4 is 23.2 Å². The molecule has 1 heterocycles. The number of nitrogens with zero attached hydrogens (tertiary/aromatic N) is 3. The maximum absolute atomic E-state index is 13.1. The number of halogens is 4. The molecule has 0 bridgehead atoms. The summed E-state index contributed by atoms with van der Waals surface area (Å²) in [5.41, 5.74) is 1.09. The average molecular weight is 354 g/mol. The molecule has 1 aromatic heterocycles. The number of hydrogen-bond acceptors (Lipinski definition) is 2. The predicted molar refractivity (Wildman–Crippen MR) is 86.0 cm³/mol. The minimum absolute atomic E-state index is 0.00987. The molecule has 0 fully saturated rings. The van der Waals surface area contributed by atoms with E-state index in [1.54, 1.807) is 41.0 Å². The fourth-order valence-electron chi connectivity index (χ4n) is 2.33. The molecule has 0 spiro atoms. The second-order valence-corrected chi connectivity index (χ2v) is 5.67. The Balaban J connectivity index is 2.01. The van der Waals surface area contributed by atoms with Gasteiger partial charge in [-0.25, -0.2) is 8.78 Å². The average Bonchev–Trinajstić information content (AvgIpc) is 2.98. The molecule has 0 aliphatic rings. The van der Waals surface area contributed by atoms with Crippen LogP contribution in [0.5, 0.6) is 0 Å². The van der Waals surface area contributed by atoms with E-state index >= 15 is 0 Å². The number of hydrogen-bond donors (Lipinski definition) is 0. The summed E-state index contributed by atoms with van der Waals surface area (Å²) in [4.78, 5) is 0. The molecule has 3 nitrogen and oxygen atoms in total. The van der Waals surface area contributed by atoms with Gasteiger partial charge in [-0.05, 0) is 17.7 Å². The van der Waals surface area contributed by atoms with Crippen molar-refractivity contribution < 1.29 is 8.78 Å².